The van der Waals surface area contributed by atoms with E-state index in [0.717, 1.165) is 5.69 Å². The maximum absolute atomic E-state index is 5.99. The number of unbranched alkanes of at least 4 members (excludes halogenated alkanes) is 4. The van der Waals surface area contributed by atoms with Crippen LogP contribution in [0.1, 0.15) is 52.4 Å². The van der Waals surface area contributed by atoms with E-state index < -0.39 is 0 Å². The van der Waals surface area contributed by atoms with Crippen molar-refractivity contribution in [1.82, 2.24) is 0 Å². The molecule has 0 aliphatic carbocycles. The highest BCUT2D eigenvalue weighted by Crippen LogP contribution is 2.25. The van der Waals surface area contributed by atoms with Gasteiger partial charge in [0.15, 0.2) is 0 Å². The number of nitrogens with one attached hydrogen (secondary N) is 1. The molecule has 1 N–H and O–H groups in total. The van der Waals surface area contributed by atoms with Crippen molar-refractivity contribution in [2.24, 2.45) is 0 Å². The third kappa shape index (κ3) is 5.97. The van der Waals surface area contributed by atoms with E-state index in [2.05, 4.69) is 19.2 Å². The van der Waals surface area contributed by atoms with Gasteiger partial charge in [0.1, 0.15) is 0 Å². The Bertz CT molecular complexity index is 352. The van der Waals surface area contributed by atoms with Crippen molar-refractivity contribution >= 4 is 28.9 Å². The Balaban J connectivity index is 2.26. The highest BCUT2D eigenvalue weighted by atomic mass is 35.5. The van der Waals surface area contributed by atoms with E-state index in [-0.39, 0.29) is 0 Å². The number of benzene rings is 1. The van der Waals surface area contributed by atoms with E-state index in [9.17, 15) is 0 Å². The lowest BCUT2D eigenvalue weighted by atomic mass is 10.1. The molecule has 0 spiro atoms. The van der Waals surface area contributed by atoms with Crippen LogP contribution in [0.5, 0.6) is 0 Å². The molecule has 0 fully saturated rings. The number of anilines is 1. The van der Waals surface area contributed by atoms with Crippen molar-refractivity contribution in [1.29, 1.82) is 0 Å². The molecule has 0 aromatic heterocycles. The van der Waals surface area contributed by atoms with E-state index in [1.165, 1.54) is 38.5 Å². The van der Waals surface area contributed by atoms with Crippen molar-refractivity contribution in [3.05, 3.63) is 28.2 Å². The number of halogens is 2. The molecule has 0 aliphatic heterocycles. The van der Waals surface area contributed by atoms with Crippen LogP contribution in [0.4, 0.5) is 5.69 Å². The standard InChI is InChI=1S/C15H23Cl2N/c1-3-4-5-6-7-8-12(2)18-13-9-10-14(16)15(17)11-13/h9-12,18H,3-8H2,1-2H3. The zero-order chi connectivity index (χ0) is 13.4. The molecule has 0 heterocycles. The molecule has 1 nitrogen and oxygen atoms in total. The van der Waals surface area contributed by atoms with E-state index in [4.69, 9.17) is 23.2 Å². The van der Waals surface area contributed by atoms with Gasteiger partial charge in [-0.2, -0.15) is 0 Å². The second-order valence-electron chi connectivity index (χ2n) is 4.88. The molecule has 18 heavy (non-hydrogen) atoms. The molecule has 0 amide bonds. The molecule has 0 saturated carbocycles. The predicted molar refractivity (Wildman–Crippen MR) is 82.9 cm³/mol. The number of hydrogen-bond donors (Lipinski definition) is 1. The molecule has 0 saturated heterocycles. The summed E-state index contributed by atoms with van der Waals surface area (Å²) in [4.78, 5) is 0. The van der Waals surface area contributed by atoms with Crippen LogP contribution in [0.3, 0.4) is 0 Å². The molecule has 1 aromatic carbocycles. The first-order valence-electron chi connectivity index (χ1n) is 6.85. The van der Waals surface area contributed by atoms with Gasteiger partial charge in [0.2, 0.25) is 0 Å². The fourth-order valence-electron chi connectivity index (χ4n) is 2.00. The van der Waals surface area contributed by atoms with Crippen LogP contribution < -0.4 is 5.32 Å². The lowest BCUT2D eigenvalue weighted by Crippen LogP contribution is -2.14. The minimum Gasteiger partial charge on any atom is -0.383 e. The Labute approximate surface area is 121 Å². The molecule has 0 radical (unpaired) electrons. The van der Waals surface area contributed by atoms with Gasteiger partial charge in [-0.15, -0.1) is 0 Å². The lowest BCUT2D eigenvalue weighted by Gasteiger charge is -2.15. The van der Waals surface area contributed by atoms with Crippen molar-refractivity contribution < 1.29 is 0 Å². The van der Waals surface area contributed by atoms with Gasteiger partial charge in [-0.05, 0) is 31.5 Å². The zero-order valence-electron chi connectivity index (χ0n) is 11.3. The summed E-state index contributed by atoms with van der Waals surface area (Å²) in [5.74, 6) is 0. The first-order chi connectivity index (χ1) is 8.63. The fourth-order valence-corrected chi connectivity index (χ4v) is 2.29. The summed E-state index contributed by atoms with van der Waals surface area (Å²) in [5.41, 5.74) is 1.05. The largest absolute Gasteiger partial charge is 0.383 e. The highest BCUT2D eigenvalue weighted by molar-refractivity contribution is 6.42. The quantitative estimate of drug-likeness (QED) is 0.565. The smallest absolute Gasteiger partial charge is 0.0612 e. The van der Waals surface area contributed by atoms with E-state index in [0.29, 0.717) is 16.1 Å². The second-order valence-corrected chi connectivity index (χ2v) is 5.69. The summed E-state index contributed by atoms with van der Waals surface area (Å²) < 4.78 is 0. The molecule has 1 rings (SSSR count). The molecule has 0 bridgehead atoms. The van der Waals surface area contributed by atoms with Crippen molar-refractivity contribution in [3.63, 3.8) is 0 Å². The minimum absolute atomic E-state index is 0.476. The van der Waals surface area contributed by atoms with E-state index in [1.54, 1.807) is 0 Å². The summed E-state index contributed by atoms with van der Waals surface area (Å²) in [7, 11) is 0. The topological polar surface area (TPSA) is 12.0 Å². The van der Waals surface area contributed by atoms with Crippen molar-refractivity contribution in [2.75, 3.05) is 5.32 Å². The Kier molecular flexibility index (Phi) is 7.53. The first kappa shape index (κ1) is 15.7. The van der Waals surface area contributed by atoms with Gasteiger partial charge in [0.25, 0.3) is 0 Å². The molecule has 0 aliphatic rings. The maximum atomic E-state index is 5.99. The van der Waals surface area contributed by atoms with E-state index >= 15 is 0 Å². The second kappa shape index (κ2) is 8.66. The SMILES string of the molecule is CCCCCCCC(C)Nc1ccc(Cl)c(Cl)c1. The van der Waals surface area contributed by atoms with Gasteiger partial charge in [0.05, 0.1) is 10.0 Å². The Morgan fingerprint density at radius 1 is 1.06 bits per heavy atom. The summed E-state index contributed by atoms with van der Waals surface area (Å²) >= 11 is 11.9. The van der Waals surface area contributed by atoms with Gasteiger partial charge in [0, 0.05) is 11.7 Å². The maximum Gasteiger partial charge on any atom is 0.0612 e. The zero-order valence-corrected chi connectivity index (χ0v) is 12.8. The van der Waals surface area contributed by atoms with Crippen LogP contribution in [0, 0.1) is 0 Å². The third-order valence-electron chi connectivity index (χ3n) is 3.07. The Morgan fingerprint density at radius 3 is 2.44 bits per heavy atom. The molecule has 102 valence electrons. The summed E-state index contributed by atoms with van der Waals surface area (Å²) in [5, 5.41) is 4.67. The van der Waals surface area contributed by atoms with Crippen LogP contribution in [-0.4, -0.2) is 6.04 Å². The molecular weight excluding hydrogens is 265 g/mol. The summed E-state index contributed by atoms with van der Waals surface area (Å²) in [6.07, 6.45) is 7.84. The van der Waals surface area contributed by atoms with Gasteiger partial charge >= 0.3 is 0 Å². The van der Waals surface area contributed by atoms with E-state index in [1.807, 2.05) is 18.2 Å². The van der Waals surface area contributed by atoms with Crippen LogP contribution in [0.25, 0.3) is 0 Å². The molecule has 1 unspecified atom stereocenters. The predicted octanol–water partition coefficient (Wildman–Crippen LogP) is 6.15. The average Bonchev–Trinajstić information content (AvgIpc) is 2.34. The first-order valence-corrected chi connectivity index (χ1v) is 7.60. The average molecular weight is 288 g/mol. The van der Waals surface area contributed by atoms with Crippen molar-refractivity contribution in [2.45, 2.75) is 58.4 Å². The minimum atomic E-state index is 0.476. The normalized spacial score (nSPS) is 12.4. The van der Waals surface area contributed by atoms with Crippen molar-refractivity contribution in [3.8, 4) is 0 Å². The molecule has 1 aromatic rings. The van der Waals surface area contributed by atoms with Gasteiger partial charge in [-0.3, -0.25) is 0 Å². The van der Waals surface area contributed by atoms with Gasteiger partial charge in [-0.1, -0.05) is 62.2 Å². The molecule has 1 atom stereocenters. The van der Waals surface area contributed by atoms with Gasteiger partial charge in [-0.25, -0.2) is 0 Å². The number of rotatable bonds is 8. The van der Waals surface area contributed by atoms with Crippen LogP contribution >= 0.6 is 23.2 Å². The lowest BCUT2D eigenvalue weighted by molar-refractivity contribution is 0.578. The highest BCUT2D eigenvalue weighted by Gasteiger charge is 2.04. The van der Waals surface area contributed by atoms with Crippen LogP contribution in [0.2, 0.25) is 10.0 Å². The Morgan fingerprint density at radius 2 is 1.78 bits per heavy atom. The fraction of sp³-hybridized carbons (Fsp3) is 0.600. The molecular formula is C15H23Cl2N. The molecule has 3 heteroatoms. The number of hydrogen-bond acceptors (Lipinski definition) is 1. The van der Waals surface area contributed by atoms with Gasteiger partial charge < -0.3 is 5.32 Å². The van der Waals surface area contributed by atoms with Crippen LogP contribution in [0.15, 0.2) is 18.2 Å². The monoisotopic (exact) mass is 287 g/mol. The summed E-state index contributed by atoms with van der Waals surface area (Å²) in [6, 6.07) is 6.17. The van der Waals surface area contributed by atoms with Crippen LogP contribution in [-0.2, 0) is 0 Å². The summed E-state index contributed by atoms with van der Waals surface area (Å²) in [6.45, 7) is 4.46. The Hall–Kier alpha value is -0.400. The third-order valence-corrected chi connectivity index (χ3v) is 3.81.